The van der Waals surface area contributed by atoms with E-state index in [1.54, 1.807) is 24.7 Å². The van der Waals surface area contributed by atoms with Crippen LogP contribution in [-0.4, -0.2) is 36.0 Å². The molecule has 0 saturated heterocycles. The van der Waals surface area contributed by atoms with Gasteiger partial charge in [-0.05, 0) is 18.2 Å². The van der Waals surface area contributed by atoms with Crippen LogP contribution in [0, 0.1) is 12.5 Å². The summed E-state index contributed by atoms with van der Waals surface area (Å²) in [5, 5.41) is 11.0. The number of hydrogen-bond donors (Lipinski definition) is 3. The third kappa shape index (κ3) is 3.33. The number of nitrogens with zero attached hydrogens (tertiary/aromatic N) is 5. The second-order valence-electron chi connectivity index (χ2n) is 7.67. The van der Waals surface area contributed by atoms with Crippen LogP contribution in [0.25, 0.3) is 49.6 Å². The molecule has 32 heavy (non-hydrogen) atoms. The number of imidazole rings is 1. The van der Waals surface area contributed by atoms with Crippen molar-refractivity contribution in [1.82, 2.24) is 30.1 Å². The lowest BCUT2D eigenvalue weighted by Crippen LogP contribution is -2.17. The number of aromatic amines is 2. The van der Waals surface area contributed by atoms with Crippen LogP contribution in [0.3, 0.4) is 0 Å². The van der Waals surface area contributed by atoms with Crippen LogP contribution in [0.4, 0.5) is 11.4 Å². The van der Waals surface area contributed by atoms with E-state index in [1.165, 1.54) is 0 Å². The van der Waals surface area contributed by atoms with Crippen molar-refractivity contribution in [1.29, 1.82) is 0 Å². The molecule has 1 amide bonds. The Morgan fingerprint density at radius 3 is 2.81 bits per heavy atom. The highest BCUT2D eigenvalue weighted by Crippen LogP contribution is 2.31. The number of fused-ring (bicyclic) bond motifs is 2. The summed E-state index contributed by atoms with van der Waals surface area (Å²) in [5.74, 6) is 0.355. The van der Waals surface area contributed by atoms with Crippen LogP contribution in [0.1, 0.15) is 13.8 Å². The second-order valence-corrected chi connectivity index (χ2v) is 7.67. The minimum Gasteiger partial charge on any atom is -0.338 e. The van der Waals surface area contributed by atoms with Crippen LogP contribution < -0.4 is 5.32 Å². The Kier molecular flexibility index (Phi) is 4.60. The van der Waals surface area contributed by atoms with Crippen molar-refractivity contribution in [2.24, 2.45) is 5.92 Å². The third-order valence-electron chi connectivity index (χ3n) is 5.12. The molecule has 0 aliphatic rings. The molecule has 5 aromatic rings. The summed E-state index contributed by atoms with van der Waals surface area (Å²) in [7, 11) is 0. The van der Waals surface area contributed by atoms with Gasteiger partial charge in [0.15, 0.2) is 11.5 Å². The van der Waals surface area contributed by atoms with Gasteiger partial charge >= 0.3 is 0 Å². The molecule has 9 nitrogen and oxygen atoms in total. The number of para-hydroxylation sites is 1. The smallest absolute Gasteiger partial charge is 0.226 e. The molecule has 3 N–H and O–H groups in total. The molecule has 1 aromatic carbocycles. The van der Waals surface area contributed by atoms with E-state index in [4.69, 9.17) is 6.57 Å². The van der Waals surface area contributed by atoms with Gasteiger partial charge in [-0.15, -0.1) is 0 Å². The molecule has 4 aromatic heterocycles. The van der Waals surface area contributed by atoms with Crippen molar-refractivity contribution in [3.63, 3.8) is 0 Å². The maximum atomic E-state index is 12.0. The Bertz CT molecular complexity index is 1520. The molecular weight excluding hydrogens is 404 g/mol. The van der Waals surface area contributed by atoms with Crippen LogP contribution in [0.2, 0.25) is 0 Å². The minimum absolute atomic E-state index is 0.0710. The van der Waals surface area contributed by atoms with E-state index in [0.717, 1.165) is 22.0 Å². The van der Waals surface area contributed by atoms with E-state index in [2.05, 4.69) is 40.3 Å². The number of hydrogen-bond acceptors (Lipinski definition) is 5. The van der Waals surface area contributed by atoms with Gasteiger partial charge in [0.2, 0.25) is 11.6 Å². The predicted molar refractivity (Wildman–Crippen MR) is 122 cm³/mol. The summed E-state index contributed by atoms with van der Waals surface area (Å²) in [5.41, 5.74) is 5.35. The van der Waals surface area contributed by atoms with E-state index in [-0.39, 0.29) is 11.8 Å². The van der Waals surface area contributed by atoms with E-state index in [9.17, 15) is 4.79 Å². The van der Waals surface area contributed by atoms with Gasteiger partial charge in [0, 0.05) is 29.4 Å². The summed E-state index contributed by atoms with van der Waals surface area (Å²) in [4.78, 5) is 32.2. The molecule has 0 radical (unpaired) electrons. The van der Waals surface area contributed by atoms with Gasteiger partial charge in [-0.3, -0.25) is 14.9 Å². The van der Waals surface area contributed by atoms with Gasteiger partial charge in [0.25, 0.3) is 0 Å². The number of carbonyl (C=O) groups is 1. The lowest BCUT2D eigenvalue weighted by molar-refractivity contribution is -0.118. The normalized spacial score (nSPS) is 11.2. The average molecular weight is 422 g/mol. The maximum Gasteiger partial charge on any atom is 0.226 e. The Balaban J connectivity index is 1.57. The van der Waals surface area contributed by atoms with E-state index < -0.39 is 0 Å². The van der Waals surface area contributed by atoms with Crippen molar-refractivity contribution in [2.75, 3.05) is 5.32 Å². The molecule has 0 aliphatic heterocycles. The summed E-state index contributed by atoms with van der Waals surface area (Å²) < 4.78 is 0. The van der Waals surface area contributed by atoms with E-state index in [0.29, 0.717) is 34.1 Å². The fraction of sp³-hybridized carbons (Fsp3) is 0.130. The molecule has 156 valence electrons. The topological polar surface area (TPSA) is 117 Å². The Hall–Kier alpha value is -4.58. The van der Waals surface area contributed by atoms with Gasteiger partial charge in [-0.1, -0.05) is 26.0 Å². The lowest BCUT2D eigenvalue weighted by Gasteiger charge is -2.09. The zero-order valence-corrected chi connectivity index (χ0v) is 17.3. The molecule has 4 heterocycles. The van der Waals surface area contributed by atoms with Crippen molar-refractivity contribution in [3.8, 4) is 22.6 Å². The number of carbonyl (C=O) groups excluding carboxylic acids is 1. The summed E-state index contributed by atoms with van der Waals surface area (Å²) in [6, 6.07) is 9.24. The molecule has 0 aliphatic carbocycles. The molecule has 0 spiro atoms. The number of nitrogens with one attached hydrogen (secondary N) is 3. The molecule has 0 fully saturated rings. The third-order valence-corrected chi connectivity index (χ3v) is 5.12. The first-order valence-corrected chi connectivity index (χ1v) is 10.0. The van der Waals surface area contributed by atoms with Crippen LogP contribution >= 0.6 is 0 Å². The molecule has 0 bridgehead atoms. The summed E-state index contributed by atoms with van der Waals surface area (Å²) >= 11 is 0. The number of rotatable bonds is 4. The standard InChI is InChI=1S/C23H18N8O/c1-12(2)23(32)27-15-7-13(9-25-11-15)14-8-16-19(30-31-21(16)26-10-14)22-28-18-6-4-5-17(24-3)20(18)29-22/h4-12H,1-2H3,(H,27,32)(H,28,29)(H,26,30,31). The summed E-state index contributed by atoms with van der Waals surface area (Å²) in [6.07, 6.45) is 5.06. The Labute approximate surface area is 182 Å². The van der Waals surface area contributed by atoms with Gasteiger partial charge in [-0.2, -0.15) is 5.10 Å². The predicted octanol–water partition coefficient (Wildman–Crippen LogP) is 4.71. The number of benzene rings is 1. The van der Waals surface area contributed by atoms with Gasteiger partial charge in [0.1, 0.15) is 5.69 Å². The number of H-pyrrole nitrogens is 2. The Morgan fingerprint density at radius 2 is 2.00 bits per heavy atom. The fourth-order valence-corrected chi connectivity index (χ4v) is 3.41. The van der Waals surface area contributed by atoms with Crippen molar-refractivity contribution in [3.05, 3.63) is 60.3 Å². The van der Waals surface area contributed by atoms with Crippen LogP contribution in [0.5, 0.6) is 0 Å². The van der Waals surface area contributed by atoms with E-state index >= 15 is 0 Å². The maximum absolute atomic E-state index is 12.0. The van der Waals surface area contributed by atoms with Gasteiger partial charge in [-0.25, -0.2) is 14.8 Å². The first-order chi connectivity index (χ1) is 15.5. The minimum atomic E-state index is -0.127. The quantitative estimate of drug-likeness (QED) is 0.363. The zero-order valence-electron chi connectivity index (χ0n) is 17.3. The highest BCUT2D eigenvalue weighted by atomic mass is 16.1. The largest absolute Gasteiger partial charge is 0.338 e. The van der Waals surface area contributed by atoms with Gasteiger partial charge in [0.05, 0.1) is 34.9 Å². The molecule has 9 heteroatoms. The molecular formula is C23H18N8O. The number of anilines is 1. The fourth-order valence-electron chi connectivity index (χ4n) is 3.41. The van der Waals surface area contributed by atoms with Crippen LogP contribution in [0.15, 0.2) is 48.9 Å². The first-order valence-electron chi connectivity index (χ1n) is 10.0. The van der Waals surface area contributed by atoms with Crippen LogP contribution in [-0.2, 0) is 4.79 Å². The average Bonchev–Trinajstić information content (AvgIpc) is 3.42. The number of aromatic nitrogens is 6. The lowest BCUT2D eigenvalue weighted by atomic mass is 10.1. The Morgan fingerprint density at radius 1 is 1.16 bits per heavy atom. The van der Waals surface area contributed by atoms with Crippen molar-refractivity contribution < 1.29 is 4.79 Å². The molecule has 5 rings (SSSR count). The zero-order chi connectivity index (χ0) is 22.2. The second kappa shape index (κ2) is 7.59. The summed E-state index contributed by atoms with van der Waals surface area (Å²) in [6.45, 7) is 11.0. The highest BCUT2D eigenvalue weighted by molar-refractivity contribution is 5.96. The molecule has 0 unspecified atom stereocenters. The van der Waals surface area contributed by atoms with Crippen molar-refractivity contribution in [2.45, 2.75) is 13.8 Å². The number of pyridine rings is 2. The number of amides is 1. The first kappa shape index (κ1) is 19.4. The molecule has 0 atom stereocenters. The van der Waals surface area contributed by atoms with Gasteiger partial charge < -0.3 is 10.3 Å². The monoisotopic (exact) mass is 422 g/mol. The highest BCUT2D eigenvalue weighted by Gasteiger charge is 2.16. The van der Waals surface area contributed by atoms with E-state index in [1.807, 2.05) is 38.1 Å². The van der Waals surface area contributed by atoms with Crippen molar-refractivity contribution >= 4 is 39.3 Å². The SMILES string of the molecule is [C-]#[N+]c1cccc2[nH]c(-c3n[nH]c4ncc(-c5cncc(NC(=O)C(C)C)c5)cc34)nc12. The molecule has 0 saturated carbocycles.